The van der Waals surface area contributed by atoms with Crippen LogP contribution < -0.4 is 15.4 Å². The molecule has 1 aromatic rings. The van der Waals surface area contributed by atoms with Gasteiger partial charge >= 0.3 is 0 Å². The third-order valence-electron chi connectivity index (χ3n) is 4.99. The zero-order valence-corrected chi connectivity index (χ0v) is 17.6. The van der Waals surface area contributed by atoms with E-state index < -0.39 is 0 Å². The minimum Gasteiger partial charge on any atom is -0.491 e. The summed E-state index contributed by atoms with van der Waals surface area (Å²) in [7, 11) is 3.43. The van der Waals surface area contributed by atoms with Crippen LogP contribution in [0.25, 0.3) is 0 Å². The molecule has 7 heteroatoms. The number of nitrogens with one attached hydrogen (secondary N) is 2. The van der Waals surface area contributed by atoms with Gasteiger partial charge in [-0.2, -0.15) is 0 Å². The summed E-state index contributed by atoms with van der Waals surface area (Å²) in [5.41, 5.74) is 1.03. The lowest BCUT2D eigenvalue weighted by Gasteiger charge is -2.30. The molecule has 0 aliphatic carbocycles. The molecular weight excluding hydrogens is 358 g/mol. The molecule has 2 rings (SSSR count). The molecule has 0 fully saturated rings. The number of methoxy groups -OCH3 is 1. The second-order valence-electron chi connectivity index (χ2n) is 7.57. The van der Waals surface area contributed by atoms with Gasteiger partial charge in [-0.1, -0.05) is 13.8 Å². The highest BCUT2D eigenvalue weighted by Gasteiger charge is 2.25. The predicted molar refractivity (Wildman–Crippen MR) is 110 cm³/mol. The quantitative estimate of drug-likeness (QED) is 0.824. The molecule has 1 aliphatic heterocycles. The molecule has 1 aliphatic rings. The van der Waals surface area contributed by atoms with Gasteiger partial charge in [0.2, 0.25) is 5.91 Å². The van der Waals surface area contributed by atoms with E-state index in [9.17, 15) is 9.59 Å². The number of hydrogen-bond acceptors (Lipinski definition) is 5. The van der Waals surface area contributed by atoms with E-state index in [0.29, 0.717) is 36.6 Å². The van der Waals surface area contributed by atoms with Crippen LogP contribution in [0.15, 0.2) is 18.2 Å². The molecule has 0 saturated heterocycles. The first-order valence-corrected chi connectivity index (χ1v) is 9.94. The summed E-state index contributed by atoms with van der Waals surface area (Å²) in [6, 6.07) is 5.34. The van der Waals surface area contributed by atoms with Crippen molar-refractivity contribution in [2.75, 3.05) is 39.2 Å². The molecular formula is C21H33N3O4. The third kappa shape index (κ3) is 5.94. The lowest BCUT2D eigenvalue weighted by Crippen LogP contribution is -2.44. The summed E-state index contributed by atoms with van der Waals surface area (Å²) in [5.74, 6) is 0.531. The molecule has 1 aromatic carbocycles. The van der Waals surface area contributed by atoms with Crippen molar-refractivity contribution in [1.82, 2.24) is 10.2 Å². The SMILES string of the molecule is CCCC(=O)Nc1ccc2c(c1)C(=O)N(C)C[C@H](OC)[C@H](C)CN[C@H](C)CO2. The number of anilines is 1. The van der Waals surface area contributed by atoms with E-state index in [0.717, 1.165) is 13.0 Å². The highest BCUT2D eigenvalue weighted by Crippen LogP contribution is 2.25. The summed E-state index contributed by atoms with van der Waals surface area (Å²) in [5, 5.41) is 6.31. The summed E-state index contributed by atoms with van der Waals surface area (Å²) in [4.78, 5) is 26.7. The number of carbonyl (C=O) groups excluding carboxylic acids is 2. The number of ether oxygens (including phenoxy) is 2. The van der Waals surface area contributed by atoms with Crippen LogP contribution in [0, 0.1) is 5.92 Å². The number of carbonyl (C=O) groups is 2. The highest BCUT2D eigenvalue weighted by atomic mass is 16.5. The molecule has 0 bridgehead atoms. The minimum absolute atomic E-state index is 0.0663. The van der Waals surface area contributed by atoms with Crippen LogP contribution in [-0.2, 0) is 9.53 Å². The Morgan fingerprint density at radius 2 is 2.14 bits per heavy atom. The highest BCUT2D eigenvalue weighted by molar-refractivity contribution is 5.99. The van der Waals surface area contributed by atoms with Crippen molar-refractivity contribution in [3.63, 3.8) is 0 Å². The summed E-state index contributed by atoms with van der Waals surface area (Å²) < 4.78 is 11.6. The maximum absolute atomic E-state index is 13.1. The van der Waals surface area contributed by atoms with Gasteiger partial charge in [0.05, 0.1) is 11.7 Å². The summed E-state index contributed by atoms with van der Waals surface area (Å²) in [6.45, 7) is 7.79. The maximum atomic E-state index is 13.1. The number of hydrogen-bond donors (Lipinski definition) is 2. The molecule has 28 heavy (non-hydrogen) atoms. The van der Waals surface area contributed by atoms with Crippen LogP contribution in [0.2, 0.25) is 0 Å². The molecule has 156 valence electrons. The fourth-order valence-electron chi connectivity index (χ4n) is 3.19. The van der Waals surface area contributed by atoms with Gasteiger partial charge in [-0.25, -0.2) is 0 Å². The predicted octanol–water partition coefficient (Wildman–Crippen LogP) is 2.52. The second kappa shape index (κ2) is 10.4. The van der Waals surface area contributed by atoms with E-state index in [1.165, 1.54) is 0 Å². The molecule has 1 heterocycles. The van der Waals surface area contributed by atoms with Crippen molar-refractivity contribution >= 4 is 17.5 Å². The van der Waals surface area contributed by atoms with E-state index in [1.54, 1.807) is 37.3 Å². The number of likely N-dealkylation sites (N-methyl/N-ethyl adjacent to an activating group) is 1. The van der Waals surface area contributed by atoms with E-state index in [2.05, 4.69) is 17.6 Å². The van der Waals surface area contributed by atoms with Gasteiger partial charge in [-0.05, 0) is 37.5 Å². The Hall–Kier alpha value is -2.12. The van der Waals surface area contributed by atoms with Gasteiger partial charge in [-0.3, -0.25) is 9.59 Å². The number of benzene rings is 1. The first-order chi connectivity index (χ1) is 13.3. The normalized spacial score (nSPS) is 23.8. The van der Waals surface area contributed by atoms with Crippen molar-refractivity contribution in [1.29, 1.82) is 0 Å². The molecule has 7 nitrogen and oxygen atoms in total. The van der Waals surface area contributed by atoms with Crippen molar-refractivity contribution in [2.24, 2.45) is 5.92 Å². The summed E-state index contributed by atoms with van der Waals surface area (Å²) in [6.07, 6.45) is 1.13. The van der Waals surface area contributed by atoms with Crippen LogP contribution in [0.4, 0.5) is 5.69 Å². The minimum atomic E-state index is -0.156. The van der Waals surface area contributed by atoms with Crippen LogP contribution in [0.5, 0.6) is 5.75 Å². The van der Waals surface area contributed by atoms with Crippen LogP contribution in [0.1, 0.15) is 44.0 Å². The van der Waals surface area contributed by atoms with E-state index in [1.807, 2.05) is 13.8 Å². The van der Waals surface area contributed by atoms with Crippen molar-refractivity contribution in [2.45, 2.75) is 45.8 Å². The van der Waals surface area contributed by atoms with E-state index in [4.69, 9.17) is 9.47 Å². The fraction of sp³-hybridized carbons (Fsp3) is 0.619. The molecule has 0 radical (unpaired) electrons. The number of amides is 2. The first kappa shape index (κ1) is 22.2. The van der Waals surface area contributed by atoms with Crippen LogP contribution in [-0.4, -0.2) is 62.7 Å². The number of nitrogens with zero attached hydrogens (tertiary/aromatic N) is 1. The topological polar surface area (TPSA) is 79.9 Å². The first-order valence-electron chi connectivity index (χ1n) is 9.94. The lowest BCUT2D eigenvalue weighted by atomic mass is 10.0. The van der Waals surface area contributed by atoms with Crippen molar-refractivity contribution in [3.8, 4) is 5.75 Å². The number of fused-ring (bicyclic) bond motifs is 1. The van der Waals surface area contributed by atoms with Crippen LogP contribution in [0.3, 0.4) is 0 Å². The van der Waals surface area contributed by atoms with Crippen molar-refractivity contribution in [3.05, 3.63) is 23.8 Å². The van der Waals surface area contributed by atoms with Gasteiger partial charge < -0.3 is 25.0 Å². The largest absolute Gasteiger partial charge is 0.491 e. The van der Waals surface area contributed by atoms with Crippen molar-refractivity contribution < 1.29 is 19.1 Å². The van der Waals surface area contributed by atoms with Gasteiger partial charge in [0.25, 0.3) is 5.91 Å². The molecule has 2 N–H and O–H groups in total. The zero-order valence-electron chi connectivity index (χ0n) is 17.6. The summed E-state index contributed by atoms with van der Waals surface area (Å²) >= 11 is 0. The molecule has 2 amide bonds. The average Bonchev–Trinajstić information content (AvgIpc) is 2.67. The number of rotatable bonds is 4. The molecule has 0 saturated carbocycles. The Morgan fingerprint density at radius 1 is 1.39 bits per heavy atom. The monoisotopic (exact) mass is 391 g/mol. The standard InChI is InChI=1S/C21H33N3O4/c1-6-7-20(25)23-16-8-9-18-17(10-16)21(26)24(4)12-19(27-5)14(2)11-22-15(3)13-28-18/h8-10,14-15,19,22H,6-7,11-13H2,1-5H3,(H,23,25)/t14-,15-,19+/m1/s1. The second-order valence-corrected chi connectivity index (χ2v) is 7.57. The Bertz CT molecular complexity index is 680. The lowest BCUT2D eigenvalue weighted by molar-refractivity contribution is -0.116. The molecule has 0 unspecified atom stereocenters. The maximum Gasteiger partial charge on any atom is 0.257 e. The van der Waals surface area contributed by atoms with Gasteiger partial charge in [-0.15, -0.1) is 0 Å². The Balaban J connectivity index is 2.33. The Labute approximate surface area is 167 Å². The smallest absolute Gasteiger partial charge is 0.257 e. The zero-order chi connectivity index (χ0) is 20.7. The van der Waals surface area contributed by atoms with E-state index >= 15 is 0 Å². The van der Waals surface area contributed by atoms with Gasteiger partial charge in [0.1, 0.15) is 12.4 Å². The van der Waals surface area contributed by atoms with Gasteiger partial charge in [0.15, 0.2) is 0 Å². The third-order valence-corrected chi connectivity index (χ3v) is 4.99. The average molecular weight is 392 g/mol. The molecule has 3 atom stereocenters. The molecule has 0 aromatic heterocycles. The Kier molecular flexibility index (Phi) is 8.26. The van der Waals surface area contributed by atoms with E-state index in [-0.39, 0.29) is 29.9 Å². The molecule has 0 spiro atoms. The van der Waals surface area contributed by atoms with Gasteiger partial charge in [0, 0.05) is 45.4 Å². The fourth-order valence-corrected chi connectivity index (χ4v) is 3.19. The van der Waals surface area contributed by atoms with Crippen LogP contribution >= 0.6 is 0 Å². The Morgan fingerprint density at radius 3 is 2.82 bits per heavy atom.